The van der Waals surface area contributed by atoms with Gasteiger partial charge in [0.15, 0.2) is 0 Å². The number of hydrogen-bond donors (Lipinski definition) is 4. The number of pyridine rings is 1. The smallest absolute Gasteiger partial charge is 0.141 e. The second kappa shape index (κ2) is 5.84. The number of aliphatic hydroxyl groups excluding tert-OH is 1. The molecule has 0 aromatic carbocycles. The number of nitrogens with zero attached hydrogens (tertiary/aromatic N) is 1. The largest absolute Gasteiger partial charge is 0.393 e. The number of aliphatic hydroxyl groups is 1. The van der Waals surface area contributed by atoms with Gasteiger partial charge in [0.05, 0.1) is 6.10 Å². The van der Waals surface area contributed by atoms with E-state index < -0.39 is 0 Å². The summed E-state index contributed by atoms with van der Waals surface area (Å²) in [6, 6.07) is 3.82. The Hall–Kier alpha value is -1.33. The van der Waals surface area contributed by atoms with Crippen molar-refractivity contribution in [2.75, 3.05) is 17.3 Å². The highest BCUT2D eigenvalue weighted by molar-refractivity contribution is 5.51. The number of nitrogen functional groups attached to an aromatic ring is 1. The number of aromatic nitrogens is 1. The zero-order valence-electron chi connectivity index (χ0n) is 9.89. The second-order valence-electron chi connectivity index (χ2n) is 4.63. The van der Waals surface area contributed by atoms with Crippen molar-refractivity contribution in [1.82, 2.24) is 4.98 Å². The molecule has 0 bridgehead atoms. The number of hydrogen-bond acceptors (Lipinski definition) is 5. The van der Waals surface area contributed by atoms with Crippen LogP contribution in [0, 0.1) is 5.92 Å². The molecule has 1 heterocycles. The van der Waals surface area contributed by atoms with E-state index in [0.717, 1.165) is 37.9 Å². The molecular formula is C12H20N4O. The summed E-state index contributed by atoms with van der Waals surface area (Å²) in [6.45, 7) is 0.945. The Balaban J connectivity index is 1.81. The minimum absolute atomic E-state index is 0.0831. The molecule has 94 valence electrons. The van der Waals surface area contributed by atoms with Crippen molar-refractivity contribution in [3.05, 3.63) is 18.3 Å². The van der Waals surface area contributed by atoms with E-state index in [1.165, 1.54) is 0 Å². The van der Waals surface area contributed by atoms with Gasteiger partial charge in [-0.05, 0) is 37.7 Å². The Bertz CT molecular complexity index is 350. The molecule has 5 heteroatoms. The second-order valence-corrected chi connectivity index (χ2v) is 4.63. The Kier molecular flexibility index (Phi) is 4.17. The van der Waals surface area contributed by atoms with Crippen molar-refractivity contribution in [3.8, 4) is 0 Å². The Morgan fingerprint density at radius 1 is 1.35 bits per heavy atom. The first kappa shape index (κ1) is 12.1. The summed E-state index contributed by atoms with van der Waals surface area (Å²) in [4.78, 5) is 4.05. The van der Waals surface area contributed by atoms with Crippen LogP contribution in [-0.4, -0.2) is 22.7 Å². The van der Waals surface area contributed by atoms with Crippen molar-refractivity contribution in [2.45, 2.75) is 31.8 Å². The maximum absolute atomic E-state index is 9.43. The predicted molar refractivity (Wildman–Crippen MR) is 68.5 cm³/mol. The van der Waals surface area contributed by atoms with Crippen molar-refractivity contribution in [3.63, 3.8) is 0 Å². The van der Waals surface area contributed by atoms with Crippen LogP contribution in [0.2, 0.25) is 0 Å². The summed E-state index contributed by atoms with van der Waals surface area (Å²) < 4.78 is 0. The lowest BCUT2D eigenvalue weighted by Crippen LogP contribution is -2.23. The quantitative estimate of drug-likeness (QED) is 0.468. The molecular weight excluding hydrogens is 216 g/mol. The third kappa shape index (κ3) is 3.57. The number of hydrazine groups is 1. The van der Waals surface area contributed by atoms with Crippen LogP contribution in [0.25, 0.3) is 0 Å². The fourth-order valence-electron chi connectivity index (χ4n) is 2.23. The summed E-state index contributed by atoms with van der Waals surface area (Å²) >= 11 is 0. The first-order valence-electron chi connectivity index (χ1n) is 6.12. The van der Waals surface area contributed by atoms with E-state index in [1.54, 1.807) is 6.20 Å². The van der Waals surface area contributed by atoms with Crippen LogP contribution in [-0.2, 0) is 0 Å². The van der Waals surface area contributed by atoms with Gasteiger partial charge in [-0.2, -0.15) is 0 Å². The first-order chi connectivity index (χ1) is 8.28. The SMILES string of the molecule is NNc1cc(NCC2CCC(O)CC2)ccn1. The number of nitrogens with two attached hydrogens (primary N) is 1. The highest BCUT2D eigenvalue weighted by Crippen LogP contribution is 2.24. The molecule has 0 saturated heterocycles. The van der Waals surface area contributed by atoms with Crippen LogP contribution in [0.1, 0.15) is 25.7 Å². The maximum Gasteiger partial charge on any atom is 0.141 e. The van der Waals surface area contributed by atoms with Crippen molar-refractivity contribution >= 4 is 11.5 Å². The lowest BCUT2D eigenvalue weighted by Gasteiger charge is -2.25. The molecule has 17 heavy (non-hydrogen) atoms. The van der Waals surface area contributed by atoms with Crippen molar-refractivity contribution in [1.29, 1.82) is 0 Å². The molecule has 5 nitrogen and oxygen atoms in total. The van der Waals surface area contributed by atoms with Crippen LogP contribution in [0.5, 0.6) is 0 Å². The molecule has 1 aromatic heterocycles. The van der Waals surface area contributed by atoms with Crippen LogP contribution in [0.3, 0.4) is 0 Å². The molecule has 1 aliphatic carbocycles. The van der Waals surface area contributed by atoms with Crippen LogP contribution in [0.4, 0.5) is 11.5 Å². The van der Waals surface area contributed by atoms with Crippen molar-refractivity contribution in [2.24, 2.45) is 11.8 Å². The zero-order valence-corrected chi connectivity index (χ0v) is 9.89. The van der Waals surface area contributed by atoms with E-state index in [0.29, 0.717) is 11.7 Å². The molecule has 0 unspecified atom stereocenters. The van der Waals surface area contributed by atoms with E-state index in [4.69, 9.17) is 5.84 Å². The lowest BCUT2D eigenvalue weighted by molar-refractivity contribution is 0.111. The standard InChI is InChI=1S/C12H20N4O/c13-16-12-7-10(5-6-14-12)15-8-9-1-3-11(17)4-2-9/h5-7,9,11,17H,1-4,8,13H2,(H2,14,15,16). The van der Waals surface area contributed by atoms with E-state index in [2.05, 4.69) is 15.7 Å². The van der Waals surface area contributed by atoms with Gasteiger partial charge in [0.2, 0.25) is 0 Å². The van der Waals surface area contributed by atoms with Gasteiger partial charge >= 0.3 is 0 Å². The minimum Gasteiger partial charge on any atom is -0.393 e. The molecule has 0 spiro atoms. The van der Waals surface area contributed by atoms with Crippen LogP contribution >= 0.6 is 0 Å². The summed E-state index contributed by atoms with van der Waals surface area (Å²) in [5.41, 5.74) is 3.55. The lowest BCUT2D eigenvalue weighted by atomic mass is 9.87. The summed E-state index contributed by atoms with van der Waals surface area (Å²) in [5, 5.41) is 12.8. The highest BCUT2D eigenvalue weighted by atomic mass is 16.3. The topological polar surface area (TPSA) is 83.2 Å². The summed E-state index contributed by atoms with van der Waals surface area (Å²) in [6.07, 6.45) is 5.70. The van der Waals surface area contributed by atoms with Gasteiger partial charge in [-0.1, -0.05) is 0 Å². The molecule has 2 rings (SSSR count). The van der Waals surface area contributed by atoms with E-state index in [9.17, 15) is 5.11 Å². The van der Waals surface area contributed by atoms with E-state index >= 15 is 0 Å². The molecule has 0 radical (unpaired) electrons. The van der Waals surface area contributed by atoms with Gasteiger partial charge in [-0.3, -0.25) is 0 Å². The molecule has 0 aliphatic heterocycles. The zero-order chi connectivity index (χ0) is 12.1. The van der Waals surface area contributed by atoms with Gasteiger partial charge in [-0.15, -0.1) is 0 Å². The summed E-state index contributed by atoms with van der Waals surface area (Å²) in [7, 11) is 0. The van der Waals surface area contributed by atoms with Crippen LogP contribution < -0.4 is 16.6 Å². The molecule has 5 N–H and O–H groups in total. The van der Waals surface area contributed by atoms with Gasteiger partial charge in [-0.25, -0.2) is 10.8 Å². The minimum atomic E-state index is -0.0831. The summed E-state index contributed by atoms with van der Waals surface area (Å²) in [5.74, 6) is 6.62. The fraction of sp³-hybridized carbons (Fsp3) is 0.583. The average molecular weight is 236 g/mol. The van der Waals surface area contributed by atoms with E-state index in [-0.39, 0.29) is 6.10 Å². The number of rotatable bonds is 4. The molecule has 1 aromatic rings. The third-order valence-corrected chi connectivity index (χ3v) is 3.32. The Labute approximate surface area is 101 Å². The molecule has 0 atom stereocenters. The van der Waals surface area contributed by atoms with Crippen LogP contribution in [0.15, 0.2) is 18.3 Å². The normalized spacial score (nSPS) is 24.4. The van der Waals surface area contributed by atoms with Crippen molar-refractivity contribution < 1.29 is 5.11 Å². The van der Waals surface area contributed by atoms with E-state index in [1.807, 2.05) is 12.1 Å². The number of nitrogens with one attached hydrogen (secondary N) is 2. The molecule has 1 fully saturated rings. The first-order valence-corrected chi connectivity index (χ1v) is 6.12. The van der Waals surface area contributed by atoms with Gasteiger partial charge in [0, 0.05) is 24.5 Å². The van der Waals surface area contributed by atoms with Gasteiger partial charge < -0.3 is 15.8 Å². The predicted octanol–water partition coefficient (Wildman–Crippen LogP) is 1.33. The van der Waals surface area contributed by atoms with Gasteiger partial charge in [0.1, 0.15) is 5.82 Å². The Morgan fingerprint density at radius 2 is 2.12 bits per heavy atom. The van der Waals surface area contributed by atoms with Gasteiger partial charge in [0.25, 0.3) is 0 Å². The fourth-order valence-corrected chi connectivity index (χ4v) is 2.23. The number of anilines is 2. The molecule has 0 amide bonds. The molecule has 1 aliphatic rings. The molecule has 1 saturated carbocycles. The maximum atomic E-state index is 9.43. The average Bonchev–Trinajstić information content (AvgIpc) is 2.38. The Morgan fingerprint density at radius 3 is 2.82 bits per heavy atom. The monoisotopic (exact) mass is 236 g/mol. The third-order valence-electron chi connectivity index (χ3n) is 3.32. The highest BCUT2D eigenvalue weighted by Gasteiger charge is 2.18.